The minimum atomic E-state index is -1.27. The summed E-state index contributed by atoms with van der Waals surface area (Å²) < 4.78 is 18.0. The smallest absolute Gasteiger partial charge is 0.323 e. The molecule has 0 radical (unpaired) electrons. The van der Waals surface area contributed by atoms with E-state index in [1.54, 1.807) is 0 Å². The summed E-state index contributed by atoms with van der Waals surface area (Å²) in [5, 5.41) is 19.7. The van der Waals surface area contributed by atoms with Crippen LogP contribution in [0.3, 0.4) is 0 Å². The molecule has 10 heteroatoms. The number of carboxylic acid groups (broad SMARTS) is 1. The number of nitrogens with zero attached hydrogens (tertiary/aromatic N) is 2. The van der Waals surface area contributed by atoms with Gasteiger partial charge in [0.2, 0.25) is 0 Å². The maximum Gasteiger partial charge on any atom is 0.323 e. The molecule has 1 aromatic carbocycles. The minimum absolute atomic E-state index is 0.0572. The van der Waals surface area contributed by atoms with E-state index in [4.69, 9.17) is 9.84 Å². The van der Waals surface area contributed by atoms with Gasteiger partial charge >= 0.3 is 5.97 Å². The number of nitro benzene ring substituents is 1. The summed E-state index contributed by atoms with van der Waals surface area (Å²) in [6.07, 6.45) is 0. The standard InChI is InChI=1S/C12H12BrFN2O6/c1-22-3-2-15(6-10(17)18)12(19)8-4-7(14)5-9(11(8)13)16(20)21/h4-5H,2-3,6H2,1H3,(H,17,18). The summed E-state index contributed by atoms with van der Waals surface area (Å²) in [4.78, 5) is 34.0. The van der Waals surface area contributed by atoms with Gasteiger partial charge in [-0.1, -0.05) is 0 Å². The predicted octanol–water partition coefficient (Wildman–Crippen LogP) is 1.67. The van der Waals surface area contributed by atoms with Gasteiger partial charge in [-0.15, -0.1) is 0 Å². The zero-order valence-corrected chi connectivity index (χ0v) is 13.0. The third-order valence-corrected chi connectivity index (χ3v) is 3.46. The Morgan fingerprint density at radius 2 is 2.14 bits per heavy atom. The van der Waals surface area contributed by atoms with Crippen LogP contribution in [0.25, 0.3) is 0 Å². The third kappa shape index (κ3) is 4.46. The van der Waals surface area contributed by atoms with Crippen molar-refractivity contribution in [2.24, 2.45) is 0 Å². The van der Waals surface area contributed by atoms with Gasteiger partial charge in [-0.05, 0) is 22.0 Å². The molecule has 1 N–H and O–H groups in total. The largest absolute Gasteiger partial charge is 0.480 e. The molecule has 0 aromatic heterocycles. The summed E-state index contributed by atoms with van der Waals surface area (Å²) in [5.74, 6) is -3.10. The van der Waals surface area contributed by atoms with Crippen LogP contribution in [0.2, 0.25) is 0 Å². The van der Waals surface area contributed by atoms with E-state index in [1.165, 1.54) is 7.11 Å². The normalized spacial score (nSPS) is 10.3. The molecule has 0 aliphatic rings. The number of hydrogen-bond donors (Lipinski definition) is 1. The highest BCUT2D eigenvalue weighted by molar-refractivity contribution is 9.10. The fourth-order valence-corrected chi connectivity index (χ4v) is 2.19. The number of rotatable bonds is 7. The molecule has 0 heterocycles. The molecule has 0 aliphatic carbocycles. The molecule has 0 saturated heterocycles. The molecular formula is C12H12BrFN2O6. The summed E-state index contributed by atoms with van der Waals surface area (Å²) in [7, 11) is 1.37. The number of amides is 1. The number of ether oxygens (including phenoxy) is 1. The van der Waals surface area contributed by atoms with Crippen LogP contribution in [0.4, 0.5) is 10.1 Å². The van der Waals surface area contributed by atoms with Gasteiger partial charge < -0.3 is 14.7 Å². The van der Waals surface area contributed by atoms with Gasteiger partial charge in [-0.25, -0.2) is 4.39 Å². The van der Waals surface area contributed by atoms with Crippen LogP contribution in [-0.2, 0) is 9.53 Å². The summed E-state index contributed by atoms with van der Waals surface area (Å²) in [6.45, 7) is -0.634. The van der Waals surface area contributed by atoms with Crippen LogP contribution < -0.4 is 0 Å². The molecule has 0 aliphatic heterocycles. The van der Waals surface area contributed by atoms with Gasteiger partial charge in [0.05, 0.1) is 23.2 Å². The van der Waals surface area contributed by atoms with Crippen molar-refractivity contribution < 1.29 is 28.7 Å². The highest BCUT2D eigenvalue weighted by atomic mass is 79.9. The number of hydrogen-bond acceptors (Lipinski definition) is 5. The highest BCUT2D eigenvalue weighted by Crippen LogP contribution is 2.30. The second-order valence-corrected chi connectivity index (χ2v) is 4.95. The Bertz CT molecular complexity index is 610. The Morgan fingerprint density at radius 3 is 2.64 bits per heavy atom. The molecule has 0 unspecified atom stereocenters. The van der Waals surface area contributed by atoms with E-state index in [0.29, 0.717) is 6.07 Å². The van der Waals surface area contributed by atoms with Gasteiger partial charge in [0.15, 0.2) is 0 Å². The first-order valence-electron chi connectivity index (χ1n) is 5.91. The monoisotopic (exact) mass is 378 g/mol. The fraction of sp³-hybridized carbons (Fsp3) is 0.333. The molecule has 120 valence electrons. The van der Waals surface area contributed by atoms with Crippen LogP contribution in [-0.4, -0.2) is 53.6 Å². The predicted molar refractivity (Wildman–Crippen MR) is 76.2 cm³/mol. The number of methoxy groups -OCH3 is 1. The number of halogens is 2. The number of carboxylic acids is 1. The van der Waals surface area contributed by atoms with E-state index in [9.17, 15) is 24.1 Å². The van der Waals surface area contributed by atoms with Crippen LogP contribution >= 0.6 is 15.9 Å². The molecule has 0 spiro atoms. The average molecular weight is 379 g/mol. The minimum Gasteiger partial charge on any atom is -0.480 e. The number of aliphatic carboxylic acids is 1. The topological polar surface area (TPSA) is 110 Å². The van der Waals surface area contributed by atoms with E-state index < -0.39 is 34.8 Å². The van der Waals surface area contributed by atoms with Crippen LogP contribution in [0.15, 0.2) is 16.6 Å². The van der Waals surface area contributed by atoms with Gasteiger partial charge in [-0.3, -0.25) is 19.7 Å². The molecule has 1 amide bonds. The lowest BCUT2D eigenvalue weighted by Crippen LogP contribution is -2.38. The molecule has 0 saturated carbocycles. The summed E-state index contributed by atoms with van der Waals surface area (Å²) >= 11 is 2.88. The number of carbonyl (C=O) groups excluding carboxylic acids is 1. The number of benzene rings is 1. The quantitative estimate of drug-likeness (QED) is 0.570. The lowest BCUT2D eigenvalue weighted by atomic mass is 10.1. The van der Waals surface area contributed by atoms with Crippen molar-refractivity contribution in [2.45, 2.75) is 0 Å². The van der Waals surface area contributed by atoms with Crippen molar-refractivity contribution in [2.75, 3.05) is 26.8 Å². The van der Waals surface area contributed by atoms with Crippen LogP contribution in [0, 0.1) is 15.9 Å². The molecule has 1 rings (SSSR count). The van der Waals surface area contributed by atoms with Gasteiger partial charge in [-0.2, -0.15) is 0 Å². The maximum atomic E-state index is 13.5. The van der Waals surface area contributed by atoms with Crippen molar-refractivity contribution in [3.8, 4) is 0 Å². The molecule has 1 aromatic rings. The number of nitro groups is 1. The first kappa shape index (κ1) is 18.0. The third-order valence-electron chi connectivity index (χ3n) is 2.62. The molecule has 22 heavy (non-hydrogen) atoms. The summed E-state index contributed by atoms with van der Waals surface area (Å²) in [5.41, 5.74) is -0.950. The van der Waals surface area contributed by atoms with E-state index in [2.05, 4.69) is 15.9 Å². The maximum absolute atomic E-state index is 13.5. The van der Waals surface area contributed by atoms with Crippen molar-refractivity contribution in [3.05, 3.63) is 38.1 Å². The highest BCUT2D eigenvalue weighted by Gasteiger charge is 2.26. The van der Waals surface area contributed by atoms with Crippen molar-refractivity contribution in [1.29, 1.82) is 0 Å². The van der Waals surface area contributed by atoms with E-state index in [1.807, 2.05) is 0 Å². The Morgan fingerprint density at radius 1 is 1.50 bits per heavy atom. The van der Waals surface area contributed by atoms with Crippen LogP contribution in [0.1, 0.15) is 10.4 Å². The first-order valence-corrected chi connectivity index (χ1v) is 6.70. The average Bonchev–Trinajstić information content (AvgIpc) is 2.44. The first-order chi connectivity index (χ1) is 10.3. The molecule has 0 fully saturated rings. The van der Waals surface area contributed by atoms with E-state index in [0.717, 1.165) is 11.0 Å². The second-order valence-electron chi connectivity index (χ2n) is 4.16. The van der Waals surface area contributed by atoms with Gasteiger partial charge in [0.25, 0.3) is 11.6 Å². The Balaban J connectivity index is 3.22. The van der Waals surface area contributed by atoms with Crippen LogP contribution in [0.5, 0.6) is 0 Å². The van der Waals surface area contributed by atoms with Crippen molar-refractivity contribution >= 4 is 33.5 Å². The Hall–Kier alpha value is -2.07. The lowest BCUT2D eigenvalue weighted by molar-refractivity contribution is -0.385. The molecular weight excluding hydrogens is 367 g/mol. The SMILES string of the molecule is COCCN(CC(=O)O)C(=O)c1cc(F)cc([N+](=O)[O-])c1Br. The second kappa shape index (κ2) is 7.80. The Kier molecular flexibility index (Phi) is 6.38. The van der Waals surface area contributed by atoms with Gasteiger partial charge in [0, 0.05) is 13.7 Å². The van der Waals surface area contributed by atoms with Gasteiger partial charge in [0.1, 0.15) is 16.8 Å². The molecule has 8 nitrogen and oxygen atoms in total. The molecule has 0 atom stereocenters. The fourth-order valence-electron chi connectivity index (χ4n) is 1.65. The Labute approximate surface area is 132 Å². The van der Waals surface area contributed by atoms with E-state index in [-0.39, 0.29) is 23.2 Å². The van der Waals surface area contributed by atoms with E-state index >= 15 is 0 Å². The lowest BCUT2D eigenvalue weighted by Gasteiger charge is -2.20. The van der Waals surface area contributed by atoms with Crippen molar-refractivity contribution in [1.82, 2.24) is 4.90 Å². The molecule has 0 bridgehead atoms. The number of carbonyl (C=O) groups is 2. The summed E-state index contributed by atoms with van der Waals surface area (Å²) in [6, 6.07) is 1.47. The zero-order valence-electron chi connectivity index (χ0n) is 11.4. The van der Waals surface area contributed by atoms with Crippen molar-refractivity contribution in [3.63, 3.8) is 0 Å². The zero-order chi connectivity index (χ0) is 16.9.